The van der Waals surface area contributed by atoms with E-state index in [-0.39, 0.29) is 12.4 Å². The fourth-order valence-electron chi connectivity index (χ4n) is 0.374. The first kappa shape index (κ1) is 8.10. The summed E-state index contributed by atoms with van der Waals surface area (Å²) in [7, 11) is 0. The Bertz CT molecular complexity index is 183. The van der Waals surface area contributed by atoms with Gasteiger partial charge in [0.05, 0.1) is 4.92 Å². The van der Waals surface area contributed by atoms with Gasteiger partial charge in [-0.3, -0.25) is 10.1 Å². The molecule has 0 N–H and O–H groups in total. The van der Waals surface area contributed by atoms with E-state index in [1.807, 2.05) is 0 Å². The molecule has 4 heteroatoms. The first-order chi connectivity index (χ1) is 3.80. The highest BCUT2D eigenvalue weighted by Gasteiger charge is 2.01. The van der Waals surface area contributed by atoms with E-state index in [0.717, 1.165) is 11.3 Å². The molecule has 1 aromatic heterocycles. The third-order valence-corrected chi connectivity index (χ3v) is 1.51. The quantitative estimate of drug-likeness (QED) is 0.449. The van der Waals surface area contributed by atoms with E-state index in [1.54, 1.807) is 11.4 Å². The van der Waals surface area contributed by atoms with E-state index in [0.29, 0.717) is 0 Å². The van der Waals surface area contributed by atoms with Crippen LogP contribution in [0.1, 0.15) is 7.43 Å². The maximum atomic E-state index is 9.88. The summed E-state index contributed by atoms with van der Waals surface area (Å²) in [6, 6.07) is 3.13. The van der Waals surface area contributed by atoms with Crippen molar-refractivity contribution in [3.63, 3.8) is 0 Å². The average Bonchev–Trinajstić information content (AvgIpc) is 2.12. The summed E-state index contributed by atoms with van der Waals surface area (Å²) in [6.45, 7) is 0. The van der Waals surface area contributed by atoms with Crippen molar-refractivity contribution in [2.75, 3.05) is 0 Å². The molecule has 1 rings (SSSR count). The molecule has 50 valence electrons. The zero-order valence-electron chi connectivity index (χ0n) is 3.90. The molecule has 0 aliphatic rings. The lowest BCUT2D eigenvalue weighted by molar-refractivity contribution is -0.380. The molecule has 0 aromatic carbocycles. The van der Waals surface area contributed by atoms with Crippen LogP contribution in [-0.2, 0) is 0 Å². The van der Waals surface area contributed by atoms with E-state index >= 15 is 0 Å². The van der Waals surface area contributed by atoms with Crippen LogP contribution in [0.2, 0.25) is 0 Å². The van der Waals surface area contributed by atoms with Gasteiger partial charge in [-0.2, -0.15) is 0 Å². The number of thiophene rings is 1. The van der Waals surface area contributed by atoms with Crippen molar-refractivity contribution in [1.82, 2.24) is 0 Å². The molecule has 0 radical (unpaired) electrons. The van der Waals surface area contributed by atoms with E-state index in [2.05, 4.69) is 0 Å². The number of nitro groups is 1. The smallest absolute Gasteiger partial charge is 0.258 e. The largest absolute Gasteiger partial charge is 0.324 e. The molecule has 9 heavy (non-hydrogen) atoms. The van der Waals surface area contributed by atoms with Crippen molar-refractivity contribution in [3.05, 3.63) is 27.6 Å². The van der Waals surface area contributed by atoms with Crippen LogP contribution < -0.4 is 0 Å². The van der Waals surface area contributed by atoms with Crippen LogP contribution in [0, 0.1) is 10.1 Å². The summed E-state index contributed by atoms with van der Waals surface area (Å²) < 4.78 is 0. The summed E-state index contributed by atoms with van der Waals surface area (Å²) in [6.07, 6.45) is 0. The van der Waals surface area contributed by atoms with Gasteiger partial charge in [-0.05, 0) is 11.4 Å². The minimum absolute atomic E-state index is 0. The second-order valence-corrected chi connectivity index (χ2v) is 2.13. The van der Waals surface area contributed by atoms with Crippen LogP contribution >= 0.6 is 11.3 Å². The first-order valence-corrected chi connectivity index (χ1v) is 2.86. The van der Waals surface area contributed by atoms with E-state index in [1.165, 1.54) is 6.07 Å². The normalized spacial score (nSPS) is 8.00. The molecule has 0 atom stereocenters. The maximum Gasteiger partial charge on any atom is 0.324 e. The van der Waals surface area contributed by atoms with Gasteiger partial charge in [0.25, 0.3) is 0 Å². The number of rotatable bonds is 1. The van der Waals surface area contributed by atoms with Gasteiger partial charge in [0.15, 0.2) is 0 Å². The molecule has 0 fully saturated rings. The highest BCUT2D eigenvalue weighted by molar-refractivity contribution is 7.13. The third-order valence-electron chi connectivity index (χ3n) is 0.686. The Balaban J connectivity index is 0.000000640. The predicted molar refractivity (Wildman–Crippen MR) is 37.7 cm³/mol. The molecule has 0 aliphatic heterocycles. The van der Waals surface area contributed by atoms with E-state index < -0.39 is 4.92 Å². The lowest BCUT2D eigenvalue weighted by Gasteiger charge is -1.76. The highest BCUT2D eigenvalue weighted by atomic mass is 32.1. The monoisotopic (exact) mass is 145 g/mol. The Labute approximate surface area is 57.1 Å². The molecule has 1 aromatic rings. The Hall–Kier alpha value is -0.900. The van der Waals surface area contributed by atoms with Crippen LogP contribution in [0.15, 0.2) is 17.5 Å². The molecule has 0 amide bonds. The van der Waals surface area contributed by atoms with Gasteiger partial charge < -0.3 is 0 Å². The fraction of sp³-hybridized carbons (Fsp3) is 0.200. The molecular weight excluding hydrogens is 138 g/mol. The van der Waals surface area contributed by atoms with Crippen molar-refractivity contribution in [3.8, 4) is 0 Å². The van der Waals surface area contributed by atoms with Gasteiger partial charge in [0.2, 0.25) is 0 Å². The van der Waals surface area contributed by atoms with Gasteiger partial charge in [-0.25, -0.2) is 0 Å². The summed E-state index contributed by atoms with van der Waals surface area (Å²) >= 11 is 1.13. The van der Waals surface area contributed by atoms with Crippen molar-refractivity contribution >= 4 is 16.3 Å². The van der Waals surface area contributed by atoms with Crippen molar-refractivity contribution in [1.29, 1.82) is 0 Å². The lowest BCUT2D eigenvalue weighted by Crippen LogP contribution is -1.80. The molecule has 3 nitrogen and oxygen atoms in total. The number of nitrogens with zero attached hydrogens (tertiary/aromatic N) is 1. The van der Waals surface area contributed by atoms with Crippen molar-refractivity contribution < 1.29 is 4.92 Å². The highest BCUT2D eigenvalue weighted by Crippen LogP contribution is 2.16. The molecule has 0 saturated carbocycles. The molecule has 0 spiro atoms. The lowest BCUT2D eigenvalue weighted by atomic mass is 10.6. The summed E-state index contributed by atoms with van der Waals surface area (Å²) in [5.41, 5.74) is 0. The second kappa shape index (κ2) is 3.19. The Morgan fingerprint density at radius 1 is 1.67 bits per heavy atom. The SMILES string of the molecule is C.O=[N+]([O-])c1cccs1. The van der Waals surface area contributed by atoms with Crippen LogP contribution in [0.25, 0.3) is 0 Å². The Morgan fingerprint density at radius 2 is 2.33 bits per heavy atom. The average molecular weight is 145 g/mol. The minimum Gasteiger partial charge on any atom is -0.258 e. The van der Waals surface area contributed by atoms with Gasteiger partial charge in [0.1, 0.15) is 0 Å². The number of hydrogen-bond acceptors (Lipinski definition) is 3. The molecule has 1 heterocycles. The van der Waals surface area contributed by atoms with Crippen LogP contribution in [0.5, 0.6) is 0 Å². The Morgan fingerprint density at radius 3 is 2.56 bits per heavy atom. The molecule has 0 bridgehead atoms. The zero-order valence-corrected chi connectivity index (χ0v) is 4.72. The summed E-state index contributed by atoms with van der Waals surface area (Å²) in [5, 5.41) is 11.8. The van der Waals surface area contributed by atoms with Gasteiger partial charge in [0, 0.05) is 6.07 Å². The summed E-state index contributed by atoms with van der Waals surface area (Å²) in [5.74, 6) is 0. The molecule has 0 aliphatic carbocycles. The summed E-state index contributed by atoms with van der Waals surface area (Å²) in [4.78, 5) is 9.48. The Kier molecular flexibility index (Phi) is 2.87. The topological polar surface area (TPSA) is 43.1 Å². The van der Waals surface area contributed by atoms with Crippen LogP contribution in [0.4, 0.5) is 5.00 Å². The van der Waals surface area contributed by atoms with Crippen LogP contribution in [0.3, 0.4) is 0 Å². The predicted octanol–water partition coefficient (Wildman–Crippen LogP) is 2.29. The van der Waals surface area contributed by atoms with Gasteiger partial charge in [-0.15, -0.1) is 0 Å². The fourth-order valence-corrected chi connectivity index (χ4v) is 0.914. The molecule has 0 saturated heterocycles. The van der Waals surface area contributed by atoms with E-state index in [4.69, 9.17) is 0 Å². The standard InChI is InChI=1S/C4H3NO2S.CH4/c6-5(7)4-2-1-3-8-4;/h1-3H;1H4. The van der Waals surface area contributed by atoms with E-state index in [9.17, 15) is 10.1 Å². The molecular formula is C5H7NO2S. The maximum absolute atomic E-state index is 9.88. The zero-order chi connectivity index (χ0) is 5.98. The van der Waals surface area contributed by atoms with Gasteiger partial charge >= 0.3 is 5.00 Å². The second-order valence-electron chi connectivity index (χ2n) is 1.21. The number of hydrogen-bond donors (Lipinski definition) is 0. The van der Waals surface area contributed by atoms with Crippen LogP contribution in [-0.4, -0.2) is 4.92 Å². The van der Waals surface area contributed by atoms with Crippen molar-refractivity contribution in [2.24, 2.45) is 0 Å². The van der Waals surface area contributed by atoms with Crippen molar-refractivity contribution in [2.45, 2.75) is 7.43 Å². The molecule has 0 unspecified atom stereocenters. The minimum atomic E-state index is -0.398. The third kappa shape index (κ3) is 1.81. The first-order valence-electron chi connectivity index (χ1n) is 1.98. The van der Waals surface area contributed by atoms with Gasteiger partial charge in [-0.1, -0.05) is 18.8 Å².